The minimum Gasteiger partial charge on any atom is -0.354 e. The predicted octanol–water partition coefficient (Wildman–Crippen LogP) is 1.84. The van der Waals surface area contributed by atoms with Crippen LogP contribution in [0.15, 0.2) is 16.1 Å². The Labute approximate surface area is 105 Å². The maximum atomic E-state index is 4.07. The zero-order valence-corrected chi connectivity index (χ0v) is 11.6. The Morgan fingerprint density at radius 1 is 1.62 bits per heavy atom. The van der Waals surface area contributed by atoms with Crippen LogP contribution in [0.3, 0.4) is 0 Å². The number of nitrogens with zero attached hydrogens (tertiary/aromatic N) is 1. The fourth-order valence-corrected chi connectivity index (χ4v) is 0.935. The van der Waals surface area contributed by atoms with Crippen LogP contribution in [0.4, 0.5) is 0 Å². The summed E-state index contributed by atoms with van der Waals surface area (Å²) >= 11 is 3.27. The molecule has 0 aromatic rings. The zero-order chi connectivity index (χ0) is 8.97. The molecule has 0 bridgehead atoms. The average molecular weight is 360 g/mol. The third-order valence-corrected chi connectivity index (χ3v) is 1.87. The monoisotopic (exact) mass is 359 g/mol. The highest BCUT2D eigenvalue weighted by atomic mass is 127. The lowest BCUT2D eigenvalue weighted by atomic mass is 10.6. The van der Waals surface area contributed by atoms with Crippen molar-refractivity contribution in [1.29, 1.82) is 0 Å². The molecule has 1 rings (SSSR count). The first-order valence-electron chi connectivity index (χ1n) is 4.03. The fraction of sp³-hybridized carbons (Fsp3) is 0.625. The second kappa shape index (κ2) is 6.64. The van der Waals surface area contributed by atoms with Crippen molar-refractivity contribution >= 4 is 45.9 Å². The number of hydrogen-bond acceptors (Lipinski definition) is 1. The summed E-state index contributed by atoms with van der Waals surface area (Å²) in [5.41, 5.74) is 0. The summed E-state index contributed by atoms with van der Waals surface area (Å²) in [7, 11) is 1.77. The Hall–Kier alpha value is 0.220. The number of halogens is 2. The van der Waals surface area contributed by atoms with Gasteiger partial charge in [-0.3, -0.25) is 4.99 Å². The van der Waals surface area contributed by atoms with Gasteiger partial charge in [-0.1, -0.05) is 22.5 Å². The van der Waals surface area contributed by atoms with Crippen molar-refractivity contribution in [3.05, 3.63) is 11.1 Å². The Bertz CT molecular complexity index is 202. The van der Waals surface area contributed by atoms with Gasteiger partial charge in [-0.15, -0.1) is 24.0 Å². The zero-order valence-electron chi connectivity index (χ0n) is 7.64. The molecular formula is C8H15BrIN3. The summed E-state index contributed by atoms with van der Waals surface area (Å²) in [6.07, 6.45) is 2.52. The van der Waals surface area contributed by atoms with E-state index in [1.807, 2.05) is 0 Å². The van der Waals surface area contributed by atoms with Crippen molar-refractivity contribution in [3.63, 3.8) is 0 Å². The van der Waals surface area contributed by atoms with Gasteiger partial charge in [0.25, 0.3) is 0 Å². The Kier molecular flexibility index (Phi) is 6.75. The van der Waals surface area contributed by atoms with Crippen LogP contribution in [0.1, 0.15) is 12.8 Å². The van der Waals surface area contributed by atoms with E-state index in [1.54, 1.807) is 7.05 Å². The van der Waals surface area contributed by atoms with Gasteiger partial charge in [0.15, 0.2) is 5.96 Å². The van der Waals surface area contributed by atoms with Crippen LogP contribution in [0, 0.1) is 0 Å². The van der Waals surface area contributed by atoms with E-state index >= 15 is 0 Å². The number of hydrogen-bond donors (Lipinski definition) is 2. The molecule has 0 amide bonds. The molecule has 1 saturated carbocycles. The van der Waals surface area contributed by atoms with Crippen molar-refractivity contribution < 1.29 is 0 Å². The molecule has 0 spiro atoms. The highest BCUT2D eigenvalue weighted by Crippen LogP contribution is 2.18. The molecule has 76 valence electrons. The molecular weight excluding hydrogens is 345 g/mol. The number of rotatable bonds is 3. The normalized spacial score (nSPS) is 16.0. The lowest BCUT2D eigenvalue weighted by Crippen LogP contribution is -2.38. The molecule has 0 aromatic carbocycles. The molecule has 0 radical (unpaired) electrons. The first kappa shape index (κ1) is 13.2. The van der Waals surface area contributed by atoms with Crippen LogP contribution >= 0.6 is 39.9 Å². The topological polar surface area (TPSA) is 36.4 Å². The highest BCUT2D eigenvalue weighted by Gasteiger charge is 2.21. The second-order valence-electron chi connectivity index (χ2n) is 2.86. The fourth-order valence-electron chi connectivity index (χ4n) is 0.795. The summed E-state index contributed by atoms with van der Waals surface area (Å²) in [6, 6.07) is 0.639. The van der Waals surface area contributed by atoms with Crippen molar-refractivity contribution in [2.24, 2.45) is 4.99 Å². The Balaban J connectivity index is 0.00000144. The molecule has 0 saturated heterocycles. The molecule has 0 aliphatic heterocycles. The standard InChI is InChI=1S/C8H14BrN3.HI/c1-6(9)5-11-8(10-2)12-7-3-4-7;/h7H,1,3-5H2,2H3,(H2,10,11,12);1H. The summed E-state index contributed by atoms with van der Waals surface area (Å²) in [5.74, 6) is 0.859. The van der Waals surface area contributed by atoms with Gasteiger partial charge in [0.1, 0.15) is 0 Å². The van der Waals surface area contributed by atoms with Gasteiger partial charge in [0.05, 0.1) is 0 Å². The van der Waals surface area contributed by atoms with E-state index in [-0.39, 0.29) is 24.0 Å². The van der Waals surface area contributed by atoms with Gasteiger partial charge in [0, 0.05) is 24.1 Å². The van der Waals surface area contributed by atoms with Crippen molar-refractivity contribution in [3.8, 4) is 0 Å². The molecule has 0 atom stereocenters. The van der Waals surface area contributed by atoms with E-state index in [9.17, 15) is 0 Å². The Morgan fingerprint density at radius 2 is 2.23 bits per heavy atom. The van der Waals surface area contributed by atoms with E-state index in [4.69, 9.17) is 0 Å². The first-order chi connectivity index (χ1) is 5.72. The third kappa shape index (κ3) is 6.31. The van der Waals surface area contributed by atoms with Gasteiger partial charge in [-0.2, -0.15) is 0 Å². The molecule has 1 fully saturated rings. The smallest absolute Gasteiger partial charge is 0.191 e. The van der Waals surface area contributed by atoms with Gasteiger partial charge in [-0.05, 0) is 12.8 Å². The van der Waals surface area contributed by atoms with Crippen molar-refractivity contribution in [1.82, 2.24) is 10.6 Å². The van der Waals surface area contributed by atoms with Gasteiger partial charge in [-0.25, -0.2) is 0 Å². The molecule has 1 aliphatic carbocycles. The Morgan fingerprint density at radius 3 is 2.62 bits per heavy atom. The van der Waals surface area contributed by atoms with Crippen LogP contribution in [0.25, 0.3) is 0 Å². The summed E-state index contributed by atoms with van der Waals surface area (Å²) in [5, 5.41) is 6.41. The van der Waals surface area contributed by atoms with Gasteiger partial charge in [0.2, 0.25) is 0 Å². The molecule has 1 aliphatic rings. The number of nitrogens with one attached hydrogen (secondary N) is 2. The van der Waals surface area contributed by atoms with E-state index < -0.39 is 0 Å². The van der Waals surface area contributed by atoms with E-state index in [2.05, 4.69) is 38.1 Å². The maximum absolute atomic E-state index is 4.07. The van der Waals surface area contributed by atoms with Crippen molar-refractivity contribution in [2.75, 3.05) is 13.6 Å². The lowest BCUT2D eigenvalue weighted by Gasteiger charge is -2.09. The summed E-state index contributed by atoms with van der Waals surface area (Å²) < 4.78 is 0.932. The molecule has 3 nitrogen and oxygen atoms in total. The predicted molar refractivity (Wildman–Crippen MR) is 71.0 cm³/mol. The molecule has 0 heterocycles. The quantitative estimate of drug-likeness (QED) is 0.458. The van der Waals surface area contributed by atoms with E-state index in [1.165, 1.54) is 12.8 Å². The largest absolute Gasteiger partial charge is 0.354 e. The third-order valence-electron chi connectivity index (χ3n) is 1.59. The summed E-state index contributed by atoms with van der Waals surface area (Å²) in [6.45, 7) is 4.44. The number of guanidine groups is 1. The SMILES string of the molecule is C=C(Br)CNC(=NC)NC1CC1.I. The van der Waals surface area contributed by atoms with Crippen LogP contribution in [0.5, 0.6) is 0 Å². The van der Waals surface area contributed by atoms with E-state index in [0.717, 1.165) is 10.4 Å². The lowest BCUT2D eigenvalue weighted by molar-refractivity contribution is 0.840. The average Bonchev–Trinajstić information content (AvgIpc) is 2.81. The van der Waals surface area contributed by atoms with Crippen LogP contribution in [0.2, 0.25) is 0 Å². The minimum absolute atomic E-state index is 0. The van der Waals surface area contributed by atoms with Gasteiger partial charge >= 0.3 is 0 Å². The second-order valence-corrected chi connectivity index (χ2v) is 3.98. The van der Waals surface area contributed by atoms with Crippen LogP contribution in [-0.4, -0.2) is 25.6 Å². The molecule has 0 aromatic heterocycles. The maximum Gasteiger partial charge on any atom is 0.191 e. The van der Waals surface area contributed by atoms with Crippen LogP contribution < -0.4 is 10.6 Å². The molecule has 0 unspecified atom stereocenters. The number of aliphatic imine (C=N–C) groups is 1. The highest BCUT2D eigenvalue weighted by molar-refractivity contribution is 14.0. The minimum atomic E-state index is 0. The van der Waals surface area contributed by atoms with E-state index in [0.29, 0.717) is 12.6 Å². The van der Waals surface area contributed by atoms with Crippen LogP contribution in [-0.2, 0) is 0 Å². The first-order valence-corrected chi connectivity index (χ1v) is 4.82. The van der Waals surface area contributed by atoms with Crippen molar-refractivity contribution in [2.45, 2.75) is 18.9 Å². The molecule has 13 heavy (non-hydrogen) atoms. The summed E-state index contributed by atoms with van der Waals surface area (Å²) in [4.78, 5) is 4.07. The molecule has 5 heteroatoms. The molecule has 2 N–H and O–H groups in total. The van der Waals surface area contributed by atoms with Gasteiger partial charge < -0.3 is 10.6 Å².